The van der Waals surface area contributed by atoms with Crippen molar-refractivity contribution in [2.45, 2.75) is 61.4 Å². The van der Waals surface area contributed by atoms with Gasteiger partial charge in [-0.3, -0.25) is 4.79 Å². The number of anilines is 1. The Morgan fingerprint density at radius 1 is 1.10 bits per heavy atom. The molecule has 1 fully saturated rings. The fourth-order valence-corrected chi connectivity index (χ4v) is 5.45. The summed E-state index contributed by atoms with van der Waals surface area (Å²) < 4.78 is 28.6. The first-order valence-corrected chi connectivity index (χ1v) is 12.0. The molecule has 0 bridgehead atoms. The quantitative estimate of drug-likeness (QED) is 0.662. The number of nitrogens with one attached hydrogen (secondary N) is 1. The number of amides is 1. The van der Waals surface area contributed by atoms with Crippen LogP contribution in [-0.2, 0) is 14.8 Å². The standard InChI is InChI=1S/C18H26N6O3S2/c1-13(2)24-18(20-21-22-24)28-14(3)17(25)19-15-7-9-16(10-8-15)29(26,27)23-11-5-4-6-12-23/h7-10,13-14H,4-6,11-12H2,1-3H3,(H,19,25). The molecular weight excluding hydrogens is 412 g/mol. The molecule has 3 rings (SSSR count). The number of sulfonamides is 1. The number of rotatable bonds is 7. The maximum absolute atomic E-state index is 12.7. The van der Waals surface area contributed by atoms with Crippen LogP contribution in [0.25, 0.3) is 0 Å². The minimum atomic E-state index is -3.48. The summed E-state index contributed by atoms with van der Waals surface area (Å²) in [6, 6.07) is 6.40. The van der Waals surface area contributed by atoms with Gasteiger partial charge in [0.15, 0.2) is 0 Å². The third-order valence-corrected chi connectivity index (χ3v) is 7.64. The molecule has 1 aromatic carbocycles. The van der Waals surface area contributed by atoms with Crippen LogP contribution in [0.5, 0.6) is 0 Å². The van der Waals surface area contributed by atoms with E-state index in [9.17, 15) is 13.2 Å². The summed E-state index contributed by atoms with van der Waals surface area (Å²) in [6.07, 6.45) is 2.85. The van der Waals surface area contributed by atoms with E-state index in [0.29, 0.717) is 23.9 Å². The maximum Gasteiger partial charge on any atom is 0.243 e. The van der Waals surface area contributed by atoms with E-state index in [2.05, 4.69) is 20.8 Å². The second-order valence-corrected chi connectivity index (χ2v) is 10.5. The number of hydrogen-bond acceptors (Lipinski definition) is 7. The highest BCUT2D eigenvalue weighted by atomic mass is 32.2. The molecule has 0 saturated carbocycles. The molecular formula is C18H26N6O3S2. The zero-order valence-electron chi connectivity index (χ0n) is 16.8. The molecule has 1 aliphatic rings. The molecule has 1 saturated heterocycles. The summed E-state index contributed by atoms with van der Waals surface area (Å²) in [7, 11) is -3.48. The van der Waals surface area contributed by atoms with E-state index in [4.69, 9.17) is 0 Å². The van der Waals surface area contributed by atoms with Crippen LogP contribution in [0.15, 0.2) is 34.3 Å². The highest BCUT2D eigenvalue weighted by Crippen LogP contribution is 2.25. The number of aromatic nitrogens is 4. The monoisotopic (exact) mass is 438 g/mol. The number of carbonyl (C=O) groups excluding carboxylic acids is 1. The average molecular weight is 439 g/mol. The molecule has 1 unspecified atom stereocenters. The van der Waals surface area contributed by atoms with Crippen molar-refractivity contribution in [3.8, 4) is 0 Å². The van der Waals surface area contributed by atoms with Crippen LogP contribution in [0, 0.1) is 0 Å². The molecule has 2 heterocycles. The van der Waals surface area contributed by atoms with Crippen molar-refractivity contribution in [1.82, 2.24) is 24.5 Å². The van der Waals surface area contributed by atoms with E-state index in [0.717, 1.165) is 19.3 Å². The van der Waals surface area contributed by atoms with Crippen molar-refractivity contribution in [2.75, 3.05) is 18.4 Å². The molecule has 1 aromatic heterocycles. The van der Waals surface area contributed by atoms with Crippen molar-refractivity contribution in [1.29, 1.82) is 0 Å². The minimum absolute atomic E-state index is 0.0946. The van der Waals surface area contributed by atoms with Gasteiger partial charge >= 0.3 is 0 Å². The van der Waals surface area contributed by atoms with Gasteiger partial charge in [0.1, 0.15) is 0 Å². The Bertz CT molecular complexity index is 937. The van der Waals surface area contributed by atoms with Crippen molar-refractivity contribution in [2.24, 2.45) is 0 Å². The van der Waals surface area contributed by atoms with E-state index in [-0.39, 0.29) is 16.8 Å². The molecule has 0 aliphatic carbocycles. The van der Waals surface area contributed by atoms with Crippen LogP contribution in [0.1, 0.15) is 46.1 Å². The van der Waals surface area contributed by atoms with E-state index in [1.54, 1.807) is 23.7 Å². The SMILES string of the molecule is CC(Sc1nnnn1C(C)C)C(=O)Nc1ccc(S(=O)(=O)N2CCCCC2)cc1. The molecule has 11 heteroatoms. The first kappa shape index (κ1) is 21.7. The Morgan fingerprint density at radius 2 is 1.76 bits per heavy atom. The number of tetrazole rings is 1. The third kappa shape index (κ3) is 5.14. The van der Waals surface area contributed by atoms with Crippen LogP contribution < -0.4 is 5.32 Å². The molecule has 29 heavy (non-hydrogen) atoms. The summed E-state index contributed by atoms with van der Waals surface area (Å²) >= 11 is 1.27. The third-order valence-electron chi connectivity index (χ3n) is 4.68. The molecule has 1 atom stereocenters. The number of hydrogen-bond donors (Lipinski definition) is 1. The Hall–Kier alpha value is -1.98. The molecule has 0 spiro atoms. The first-order valence-electron chi connectivity index (χ1n) is 9.64. The predicted molar refractivity (Wildman–Crippen MR) is 111 cm³/mol. The first-order chi connectivity index (χ1) is 13.8. The number of nitrogens with zero attached hydrogens (tertiary/aromatic N) is 5. The lowest BCUT2D eigenvalue weighted by atomic mass is 10.2. The molecule has 1 aliphatic heterocycles. The highest BCUT2D eigenvalue weighted by Gasteiger charge is 2.26. The summed E-state index contributed by atoms with van der Waals surface area (Å²) in [5, 5.41) is 14.5. The van der Waals surface area contributed by atoms with Crippen molar-refractivity contribution in [3.05, 3.63) is 24.3 Å². The van der Waals surface area contributed by atoms with E-state index < -0.39 is 15.3 Å². The predicted octanol–water partition coefficient (Wildman–Crippen LogP) is 2.55. The molecule has 1 amide bonds. The molecule has 0 radical (unpaired) electrons. The maximum atomic E-state index is 12.7. The van der Waals surface area contributed by atoms with Gasteiger partial charge in [-0.2, -0.15) is 4.31 Å². The molecule has 1 N–H and O–H groups in total. The van der Waals surface area contributed by atoms with Crippen molar-refractivity contribution >= 4 is 33.4 Å². The number of benzene rings is 1. The van der Waals surface area contributed by atoms with Crippen LogP contribution >= 0.6 is 11.8 Å². The lowest BCUT2D eigenvalue weighted by Gasteiger charge is -2.25. The minimum Gasteiger partial charge on any atom is -0.325 e. The van der Waals surface area contributed by atoms with Crippen molar-refractivity contribution < 1.29 is 13.2 Å². The van der Waals surface area contributed by atoms with E-state index in [1.807, 2.05) is 13.8 Å². The normalized spacial score (nSPS) is 16.7. The Labute approximate surface area is 175 Å². The van der Waals surface area contributed by atoms with Crippen LogP contribution in [0.2, 0.25) is 0 Å². The summed E-state index contributed by atoms with van der Waals surface area (Å²) in [4.78, 5) is 12.8. The number of carbonyl (C=O) groups is 1. The lowest BCUT2D eigenvalue weighted by Crippen LogP contribution is -2.35. The Morgan fingerprint density at radius 3 is 2.38 bits per heavy atom. The lowest BCUT2D eigenvalue weighted by molar-refractivity contribution is -0.115. The summed E-state index contributed by atoms with van der Waals surface area (Å²) in [5.41, 5.74) is 0.545. The number of thioether (sulfide) groups is 1. The zero-order valence-corrected chi connectivity index (χ0v) is 18.4. The second kappa shape index (κ2) is 9.23. The second-order valence-electron chi connectivity index (χ2n) is 7.24. The molecule has 158 valence electrons. The van der Waals surface area contributed by atoms with Crippen LogP contribution in [-0.4, -0.2) is 57.2 Å². The fraction of sp³-hybridized carbons (Fsp3) is 0.556. The van der Waals surface area contributed by atoms with Gasteiger partial charge in [-0.05, 0) is 68.3 Å². The van der Waals surface area contributed by atoms with E-state index >= 15 is 0 Å². The topological polar surface area (TPSA) is 110 Å². The Kier molecular flexibility index (Phi) is 6.91. The van der Waals surface area contributed by atoms with Gasteiger partial charge < -0.3 is 5.32 Å². The fourth-order valence-electron chi connectivity index (χ4n) is 3.01. The van der Waals surface area contributed by atoms with Gasteiger partial charge in [0.05, 0.1) is 16.2 Å². The van der Waals surface area contributed by atoms with Crippen molar-refractivity contribution in [3.63, 3.8) is 0 Å². The zero-order chi connectivity index (χ0) is 21.0. The Balaban J connectivity index is 1.63. The molecule has 9 nitrogen and oxygen atoms in total. The smallest absolute Gasteiger partial charge is 0.243 e. The summed E-state index contributed by atoms with van der Waals surface area (Å²) in [6.45, 7) is 6.82. The van der Waals surface area contributed by atoms with Gasteiger partial charge in [-0.25, -0.2) is 13.1 Å². The van der Waals surface area contributed by atoms with E-state index in [1.165, 1.54) is 28.2 Å². The highest BCUT2D eigenvalue weighted by molar-refractivity contribution is 8.00. The van der Waals surface area contributed by atoms with Gasteiger partial charge in [0, 0.05) is 18.8 Å². The van der Waals surface area contributed by atoms with Gasteiger partial charge in [-0.1, -0.05) is 18.2 Å². The van der Waals surface area contributed by atoms with Gasteiger partial charge in [-0.15, -0.1) is 5.10 Å². The molecule has 2 aromatic rings. The van der Waals surface area contributed by atoms with Crippen LogP contribution in [0.3, 0.4) is 0 Å². The number of piperidine rings is 1. The van der Waals surface area contributed by atoms with Gasteiger partial charge in [0.2, 0.25) is 21.1 Å². The van der Waals surface area contributed by atoms with Gasteiger partial charge in [0.25, 0.3) is 0 Å². The van der Waals surface area contributed by atoms with Crippen LogP contribution in [0.4, 0.5) is 5.69 Å². The average Bonchev–Trinajstić information content (AvgIpc) is 3.17. The largest absolute Gasteiger partial charge is 0.325 e. The summed E-state index contributed by atoms with van der Waals surface area (Å²) in [5.74, 6) is -0.208.